The number of benzene rings is 3. The summed E-state index contributed by atoms with van der Waals surface area (Å²) in [5, 5.41) is 10.0. The fourth-order valence-electron chi connectivity index (χ4n) is 2.57. The van der Waals surface area contributed by atoms with E-state index in [-0.39, 0.29) is 6.61 Å². The van der Waals surface area contributed by atoms with E-state index in [0.29, 0.717) is 13.2 Å². The molecule has 0 aliphatic rings. The molecule has 0 heterocycles. The SMILES string of the molecule is OC(C=Cc1ccc(OCc2ccccc2)cc1)COCc1ccccc1. The predicted molar refractivity (Wildman–Crippen MR) is 108 cm³/mol. The van der Waals surface area contributed by atoms with Crippen molar-refractivity contribution in [3.8, 4) is 5.75 Å². The molecule has 0 radical (unpaired) electrons. The highest BCUT2D eigenvalue weighted by Gasteiger charge is 2.00. The highest BCUT2D eigenvalue weighted by Crippen LogP contribution is 2.15. The van der Waals surface area contributed by atoms with Crippen LogP contribution in [0.15, 0.2) is 91.0 Å². The van der Waals surface area contributed by atoms with Crippen LogP contribution in [0.4, 0.5) is 0 Å². The van der Waals surface area contributed by atoms with Gasteiger partial charge in [0.1, 0.15) is 12.4 Å². The summed E-state index contributed by atoms with van der Waals surface area (Å²) < 4.78 is 11.3. The molecule has 3 aromatic carbocycles. The number of rotatable bonds is 9. The van der Waals surface area contributed by atoms with Gasteiger partial charge in [0.2, 0.25) is 0 Å². The van der Waals surface area contributed by atoms with Crippen LogP contribution < -0.4 is 4.74 Å². The normalized spacial score (nSPS) is 12.2. The smallest absolute Gasteiger partial charge is 0.119 e. The highest BCUT2D eigenvalue weighted by atomic mass is 16.5. The summed E-state index contributed by atoms with van der Waals surface area (Å²) in [6, 6.07) is 27.8. The standard InChI is InChI=1S/C24H24O3/c25-23(19-26-17-21-7-3-1-4-8-21)14-11-20-12-15-24(16-13-20)27-18-22-9-5-2-6-10-22/h1-16,23,25H,17-19H2. The zero-order valence-corrected chi connectivity index (χ0v) is 15.2. The van der Waals surface area contributed by atoms with Crippen molar-refractivity contribution in [2.24, 2.45) is 0 Å². The first kappa shape index (κ1) is 18.9. The summed E-state index contributed by atoms with van der Waals surface area (Å²) in [5.41, 5.74) is 3.24. The van der Waals surface area contributed by atoms with Gasteiger partial charge >= 0.3 is 0 Å². The van der Waals surface area contributed by atoms with Gasteiger partial charge in [0.25, 0.3) is 0 Å². The lowest BCUT2D eigenvalue weighted by Gasteiger charge is -2.08. The average molecular weight is 360 g/mol. The molecule has 1 unspecified atom stereocenters. The maximum absolute atomic E-state index is 10.0. The lowest BCUT2D eigenvalue weighted by atomic mass is 10.2. The van der Waals surface area contributed by atoms with Crippen LogP contribution >= 0.6 is 0 Å². The van der Waals surface area contributed by atoms with Crippen molar-refractivity contribution in [1.82, 2.24) is 0 Å². The Bertz CT molecular complexity index is 811. The Morgan fingerprint density at radius 1 is 0.741 bits per heavy atom. The molecule has 0 fully saturated rings. The fraction of sp³-hybridized carbons (Fsp3) is 0.167. The molecule has 0 aliphatic heterocycles. The van der Waals surface area contributed by atoms with E-state index in [2.05, 4.69) is 0 Å². The van der Waals surface area contributed by atoms with Crippen LogP contribution in [0.1, 0.15) is 16.7 Å². The van der Waals surface area contributed by atoms with Gasteiger partial charge in [-0.3, -0.25) is 0 Å². The lowest BCUT2D eigenvalue weighted by Crippen LogP contribution is -2.11. The third-order valence-electron chi connectivity index (χ3n) is 4.04. The molecule has 3 nitrogen and oxygen atoms in total. The van der Waals surface area contributed by atoms with Crippen LogP contribution in [0.5, 0.6) is 5.75 Å². The van der Waals surface area contributed by atoms with Gasteiger partial charge in [-0.25, -0.2) is 0 Å². The Kier molecular flexibility index (Phi) is 7.22. The van der Waals surface area contributed by atoms with E-state index in [0.717, 1.165) is 22.4 Å². The van der Waals surface area contributed by atoms with E-state index in [9.17, 15) is 5.11 Å². The Labute approximate surface area is 160 Å². The number of aliphatic hydroxyl groups is 1. The monoisotopic (exact) mass is 360 g/mol. The van der Waals surface area contributed by atoms with E-state index in [1.165, 1.54) is 0 Å². The zero-order valence-electron chi connectivity index (χ0n) is 15.2. The molecule has 27 heavy (non-hydrogen) atoms. The summed E-state index contributed by atoms with van der Waals surface area (Å²) in [5.74, 6) is 0.822. The summed E-state index contributed by atoms with van der Waals surface area (Å²) >= 11 is 0. The Hall–Kier alpha value is -2.88. The largest absolute Gasteiger partial charge is 0.489 e. The van der Waals surface area contributed by atoms with E-state index >= 15 is 0 Å². The quantitative estimate of drug-likeness (QED) is 0.592. The molecule has 1 atom stereocenters. The maximum atomic E-state index is 10.0. The fourth-order valence-corrected chi connectivity index (χ4v) is 2.57. The number of hydrogen-bond acceptors (Lipinski definition) is 3. The minimum atomic E-state index is -0.636. The van der Waals surface area contributed by atoms with Crippen LogP contribution in [-0.4, -0.2) is 17.8 Å². The van der Waals surface area contributed by atoms with E-state index in [4.69, 9.17) is 9.47 Å². The molecule has 0 saturated heterocycles. The van der Waals surface area contributed by atoms with Crippen LogP contribution in [0, 0.1) is 0 Å². The summed E-state index contributed by atoms with van der Waals surface area (Å²) in [7, 11) is 0. The van der Waals surface area contributed by atoms with Gasteiger partial charge in [0.05, 0.1) is 19.3 Å². The molecule has 138 valence electrons. The van der Waals surface area contributed by atoms with Gasteiger partial charge in [-0.2, -0.15) is 0 Å². The summed E-state index contributed by atoms with van der Waals surface area (Å²) in [6.45, 7) is 1.32. The van der Waals surface area contributed by atoms with Crippen molar-refractivity contribution in [2.45, 2.75) is 19.3 Å². The summed E-state index contributed by atoms with van der Waals surface area (Å²) in [4.78, 5) is 0. The second-order valence-corrected chi connectivity index (χ2v) is 6.27. The van der Waals surface area contributed by atoms with Crippen LogP contribution in [0.2, 0.25) is 0 Å². The Morgan fingerprint density at radius 3 is 1.96 bits per heavy atom. The predicted octanol–water partition coefficient (Wildman–Crippen LogP) is 4.86. The second kappa shape index (κ2) is 10.3. The van der Waals surface area contributed by atoms with E-state index < -0.39 is 6.10 Å². The van der Waals surface area contributed by atoms with Gasteiger partial charge < -0.3 is 14.6 Å². The molecule has 0 saturated carbocycles. The number of hydrogen-bond donors (Lipinski definition) is 1. The number of aliphatic hydroxyl groups excluding tert-OH is 1. The third-order valence-corrected chi connectivity index (χ3v) is 4.04. The Balaban J connectivity index is 1.41. The zero-order chi connectivity index (χ0) is 18.7. The van der Waals surface area contributed by atoms with Crippen molar-refractivity contribution >= 4 is 6.08 Å². The van der Waals surface area contributed by atoms with Crippen molar-refractivity contribution in [2.75, 3.05) is 6.61 Å². The van der Waals surface area contributed by atoms with Crippen LogP contribution in [0.25, 0.3) is 6.08 Å². The molecule has 0 aliphatic carbocycles. The first-order valence-corrected chi connectivity index (χ1v) is 9.04. The van der Waals surface area contributed by atoms with Gasteiger partial charge in [-0.15, -0.1) is 0 Å². The molecule has 1 N–H and O–H groups in total. The highest BCUT2D eigenvalue weighted by molar-refractivity contribution is 5.51. The van der Waals surface area contributed by atoms with Gasteiger partial charge in [0.15, 0.2) is 0 Å². The van der Waals surface area contributed by atoms with Crippen LogP contribution in [0.3, 0.4) is 0 Å². The van der Waals surface area contributed by atoms with Crippen molar-refractivity contribution in [1.29, 1.82) is 0 Å². The van der Waals surface area contributed by atoms with Gasteiger partial charge in [0, 0.05) is 0 Å². The Morgan fingerprint density at radius 2 is 1.33 bits per heavy atom. The maximum Gasteiger partial charge on any atom is 0.119 e. The molecule has 0 bridgehead atoms. The van der Waals surface area contributed by atoms with E-state index in [1.54, 1.807) is 6.08 Å². The molecular weight excluding hydrogens is 336 g/mol. The first-order valence-electron chi connectivity index (χ1n) is 9.04. The van der Waals surface area contributed by atoms with Gasteiger partial charge in [-0.1, -0.05) is 84.9 Å². The number of ether oxygens (including phenoxy) is 2. The minimum absolute atomic E-state index is 0.268. The molecule has 0 spiro atoms. The minimum Gasteiger partial charge on any atom is -0.489 e. The molecule has 3 rings (SSSR count). The molecule has 3 aromatic rings. The third kappa shape index (κ3) is 6.74. The van der Waals surface area contributed by atoms with Crippen LogP contribution in [-0.2, 0) is 18.0 Å². The van der Waals surface area contributed by atoms with Crippen molar-refractivity contribution < 1.29 is 14.6 Å². The lowest BCUT2D eigenvalue weighted by molar-refractivity contribution is 0.0507. The van der Waals surface area contributed by atoms with E-state index in [1.807, 2.05) is 91.0 Å². The first-order chi connectivity index (χ1) is 13.3. The molecule has 3 heteroatoms. The topological polar surface area (TPSA) is 38.7 Å². The van der Waals surface area contributed by atoms with Crippen molar-refractivity contribution in [3.05, 3.63) is 108 Å². The second-order valence-electron chi connectivity index (χ2n) is 6.27. The average Bonchev–Trinajstić information content (AvgIpc) is 2.73. The van der Waals surface area contributed by atoms with Gasteiger partial charge in [-0.05, 0) is 28.8 Å². The summed E-state index contributed by atoms with van der Waals surface area (Å²) in [6.07, 6.45) is 2.99. The molecular formula is C24H24O3. The van der Waals surface area contributed by atoms with Crippen molar-refractivity contribution in [3.63, 3.8) is 0 Å². The molecule has 0 aromatic heterocycles. The molecule has 0 amide bonds.